The first-order valence-electron chi connectivity index (χ1n) is 7.22. The van der Waals surface area contributed by atoms with E-state index in [-0.39, 0.29) is 0 Å². The van der Waals surface area contributed by atoms with Crippen LogP contribution in [0.2, 0.25) is 0 Å². The lowest BCUT2D eigenvalue weighted by Gasteiger charge is -2.13. The summed E-state index contributed by atoms with van der Waals surface area (Å²) in [5, 5.41) is 17.9. The van der Waals surface area contributed by atoms with Gasteiger partial charge in [0.25, 0.3) is 0 Å². The zero-order valence-electron chi connectivity index (χ0n) is 12.9. The molecule has 3 heterocycles. The Labute approximate surface area is 128 Å². The van der Waals surface area contributed by atoms with Gasteiger partial charge in [-0.15, -0.1) is 0 Å². The van der Waals surface area contributed by atoms with Crippen LogP contribution in [-0.4, -0.2) is 31.2 Å². The molecule has 0 radical (unpaired) electrons. The van der Waals surface area contributed by atoms with Crippen LogP contribution in [0, 0.1) is 20.8 Å². The number of rotatable bonds is 4. The molecular weight excluding hydrogens is 278 g/mol. The molecular formula is C16H19N5O. The van der Waals surface area contributed by atoms with Gasteiger partial charge in [-0.25, -0.2) is 4.98 Å². The lowest BCUT2D eigenvalue weighted by molar-refractivity contribution is 0.186. The molecule has 0 fully saturated rings. The molecule has 3 rings (SSSR count). The first-order valence-corrected chi connectivity index (χ1v) is 7.22. The van der Waals surface area contributed by atoms with Crippen LogP contribution in [0.3, 0.4) is 0 Å². The van der Waals surface area contributed by atoms with Gasteiger partial charge in [0.2, 0.25) is 0 Å². The number of nitrogens with one attached hydrogen (secondary N) is 1. The number of hydrogen-bond donors (Lipinski definition) is 2. The minimum absolute atomic E-state index is 0.355. The van der Waals surface area contributed by atoms with Gasteiger partial charge in [-0.3, -0.25) is 4.98 Å². The van der Waals surface area contributed by atoms with Crippen molar-refractivity contribution in [2.45, 2.75) is 26.9 Å². The van der Waals surface area contributed by atoms with E-state index in [0.29, 0.717) is 12.2 Å². The highest BCUT2D eigenvalue weighted by molar-refractivity contribution is 5.55. The summed E-state index contributed by atoms with van der Waals surface area (Å²) in [5.41, 5.74) is 4.41. The minimum atomic E-state index is -0.678. The van der Waals surface area contributed by atoms with Crippen molar-refractivity contribution in [3.63, 3.8) is 0 Å². The number of aliphatic hydroxyl groups excluding tert-OH is 1. The Hall–Kier alpha value is -2.47. The molecule has 6 nitrogen and oxygen atoms in total. The molecule has 114 valence electrons. The molecule has 0 aliphatic heterocycles. The first kappa shape index (κ1) is 14.5. The maximum atomic E-state index is 10.2. The molecule has 0 saturated carbocycles. The number of aliphatic hydroxyl groups is 1. The van der Waals surface area contributed by atoms with Gasteiger partial charge in [0, 0.05) is 30.1 Å². The molecule has 22 heavy (non-hydrogen) atoms. The van der Waals surface area contributed by atoms with Crippen LogP contribution >= 0.6 is 0 Å². The second kappa shape index (κ2) is 5.73. The summed E-state index contributed by atoms with van der Waals surface area (Å²) in [6, 6.07) is 7.42. The van der Waals surface area contributed by atoms with Crippen molar-refractivity contribution in [1.29, 1.82) is 0 Å². The molecule has 3 aromatic heterocycles. The number of anilines is 1. The van der Waals surface area contributed by atoms with Crippen molar-refractivity contribution in [1.82, 2.24) is 19.6 Å². The van der Waals surface area contributed by atoms with E-state index in [1.807, 2.05) is 45.0 Å². The van der Waals surface area contributed by atoms with E-state index < -0.39 is 6.10 Å². The highest BCUT2D eigenvalue weighted by atomic mass is 16.3. The van der Waals surface area contributed by atoms with Crippen molar-refractivity contribution in [2.24, 2.45) is 0 Å². The molecule has 0 aromatic carbocycles. The van der Waals surface area contributed by atoms with E-state index in [4.69, 9.17) is 0 Å². The quantitative estimate of drug-likeness (QED) is 0.772. The lowest BCUT2D eigenvalue weighted by Crippen LogP contribution is -2.15. The van der Waals surface area contributed by atoms with Gasteiger partial charge in [-0.05, 0) is 32.9 Å². The summed E-state index contributed by atoms with van der Waals surface area (Å²) >= 11 is 0. The van der Waals surface area contributed by atoms with E-state index in [1.54, 1.807) is 10.7 Å². The molecule has 2 N–H and O–H groups in total. The molecule has 1 atom stereocenters. The van der Waals surface area contributed by atoms with Gasteiger partial charge in [-0.2, -0.15) is 9.61 Å². The third kappa shape index (κ3) is 2.65. The number of hydrogen-bond acceptors (Lipinski definition) is 5. The maximum Gasteiger partial charge on any atom is 0.160 e. The third-order valence-corrected chi connectivity index (χ3v) is 3.69. The highest BCUT2D eigenvalue weighted by Gasteiger charge is 2.13. The third-order valence-electron chi connectivity index (χ3n) is 3.69. The SMILES string of the molecule is Cc1cc(NCC(O)c2ccccn2)n2nc(C)c(C)c2n1. The van der Waals surface area contributed by atoms with Crippen LogP contribution in [0.1, 0.15) is 28.7 Å². The minimum Gasteiger partial charge on any atom is -0.385 e. The molecule has 0 aliphatic carbocycles. The zero-order chi connectivity index (χ0) is 15.7. The Morgan fingerprint density at radius 2 is 2.09 bits per heavy atom. The number of fused-ring (bicyclic) bond motifs is 1. The van der Waals surface area contributed by atoms with Gasteiger partial charge < -0.3 is 10.4 Å². The molecule has 3 aromatic rings. The summed E-state index contributed by atoms with van der Waals surface area (Å²) < 4.78 is 1.78. The monoisotopic (exact) mass is 297 g/mol. The standard InChI is InChI=1S/C16H19N5O/c1-10-8-15(21-16(19-10)11(2)12(3)20-21)18-9-14(22)13-6-4-5-7-17-13/h4-8,14,18,22H,9H2,1-3H3. The average Bonchev–Trinajstić information content (AvgIpc) is 2.81. The summed E-state index contributed by atoms with van der Waals surface area (Å²) in [4.78, 5) is 8.69. The van der Waals surface area contributed by atoms with Crippen LogP contribution in [0.4, 0.5) is 5.82 Å². The predicted octanol–water partition coefficient (Wildman–Crippen LogP) is 2.20. The summed E-state index contributed by atoms with van der Waals surface area (Å²) in [5.74, 6) is 0.814. The molecule has 0 amide bonds. The predicted molar refractivity (Wildman–Crippen MR) is 84.9 cm³/mol. The Morgan fingerprint density at radius 3 is 2.82 bits per heavy atom. The molecule has 0 spiro atoms. The maximum absolute atomic E-state index is 10.2. The van der Waals surface area contributed by atoms with Gasteiger partial charge in [0.05, 0.1) is 11.4 Å². The second-order valence-corrected chi connectivity index (χ2v) is 5.38. The van der Waals surface area contributed by atoms with Crippen LogP contribution in [0.25, 0.3) is 5.65 Å². The Kier molecular flexibility index (Phi) is 3.77. The summed E-state index contributed by atoms with van der Waals surface area (Å²) in [7, 11) is 0. The van der Waals surface area contributed by atoms with Crippen LogP contribution in [-0.2, 0) is 0 Å². The van der Waals surface area contributed by atoms with Crippen LogP contribution in [0.15, 0.2) is 30.5 Å². The Morgan fingerprint density at radius 1 is 1.27 bits per heavy atom. The van der Waals surface area contributed by atoms with E-state index in [0.717, 1.165) is 28.4 Å². The average molecular weight is 297 g/mol. The van der Waals surface area contributed by atoms with Gasteiger partial charge in [0.15, 0.2) is 5.65 Å². The lowest BCUT2D eigenvalue weighted by atomic mass is 10.2. The van der Waals surface area contributed by atoms with Crippen molar-refractivity contribution >= 4 is 11.5 Å². The Balaban J connectivity index is 1.86. The zero-order valence-corrected chi connectivity index (χ0v) is 12.9. The fraction of sp³-hybridized carbons (Fsp3) is 0.312. The highest BCUT2D eigenvalue weighted by Crippen LogP contribution is 2.19. The largest absolute Gasteiger partial charge is 0.385 e. The summed E-state index contributed by atoms with van der Waals surface area (Å²) in [6.45, 7) is 6.28. The molecule has 1 unspecified atom stereocenters. The number of aryl methyl sites for hydroxylation is 3. The van der Waals surface area contributed by atoms with E-state index in [1.165, 1.54) is 0 Å². The number of aromatic nitrogens is 4. The van der Waals surface area contributed by atoms with Crippen molar-refractivity contribution in [2.75, 3.05) is 11.9 Å². The fourth-order valence-electron chi connectivity index (χ4n) is 2.36. The van der Waals surface area contributed by atoms with Crippen LogP contribution < -0.4 is 5.32 Å². The topological polar surface area (TPSA) is 75.3 Å². The van der Waals surface area contributed by atoms with E-state index >= 15 is 0 Å². The van der Waals surface area contributed by atoms with Gasteiger partial charge in [0.1, 0.15) is 11.9 Å². The fourth-order valence-corrected chi connectivity index (χ4v) is 2.36. The number of pyridine rings is 1. The second-order valence-electron chi connectivity index (χ2n) is 5.38. The van der Waals surface area contributed by atoms with Crippen molar-refractivity contribution < 1.29 is 5.11 Å². The van der Waals surface area contributed by atoms with Gasteiger partial charge in [-0.1, -0.05) is 6.07 Å². The first-order chi connectivity index (χ1) is 10.6. The summed E-state index contributed by atoms with van der Waals surface area (Å²) in [6.07, 6.45) is 0.996. The van der Waals surface area contributed by atoms with Crippen molar-refractivity contribution in [3.8, 4) is 0 Å². The number of nitrogens with zero attached hydrogens (tertiary/aromatic N) is 4. The molecule has 0 saturated heterocycles. The van der Waals surface area contributed by atoms with E-state index in [9.17, 15) is 5.11 Å². The van der Waals surface area contributed by atoms with E-state index in [2.05, 4.69) is 20.4 Å². The van der Waals surface area contributed by atoms with Gasteiger partial charge >= 0.3 is 0 Å². The smallest absolute Gasteiger partial charge is 0.160 e. The molecule has 6 heteroatoms. The van der Waals surface area contributed by atoms with Crippen LogP contribution in [0.5, 0.6) is 0 Å². The Bertz CT molecular complexity index is 797. The normalized spacial score (nSPS) is 12.5. The molecule has 0 bridgehead atoms. The van der Waals surface area contributed by atoms with Crippen molar-refractivity contribution in [3.05, 3.63) is 53.1 Å². The molecule has 0 aliphatic rings.